The molecular weight excluding hydrogens is 451 g/mol. The summed E-state index contributed by atoms with van der Waals surface area (Å²) in [6.45, 7) is -0.873. The zero-order valence-electron chi connectivity index (χ0n) is 17.7. The van der Waals surface area contributed by atoms with E-state index in [0.29, 0.717) is 18.7 Å². The molecule has 12 heteroatoms. The van der Waals surface area contributed by atoms with Gasteiger partial charge in [0.05, 0.1) is 11.9 Å². The number of aromatic nitrogens is 4. The van der Waals surface area contributed by atoms with Gasteiger partial charge in [0.15, 0.2) is 0 Å². The third kappa shape index (κ3) is 6.19. The maximum atomic E-state index is 12.3. The molecule has 0 atom stereocenters. The highest BCUT2D eigenvalue weighted by molar-refractivity contribution is 5.90. The van der Waals surface area contributed by atoms with Gasteiger partial charge in [0.1, 0.15) is 12.2 Å². The van der Waals surface area contributed by atoms with Crippen LogP contribution in [0, 0.1) is 0 Å². The summed E-state index contributed by atoms with van der Waals surface area (Å²) in [4.78, 5) is 29.4. The lowest BCUT2D eigenvalue weighted by atomic mass is 10.1. The molecule has 0 aliphatic heterocycles. The average Bonchev–Trinajstić information content (AvgIpc) is 3.24. The van der Waals surface area contributed by atoms with E-state index in [-0.39, 0.29) is 6.01 Å². The Morgan fingerprint density at radius 1 is 1.06 bits per heavy atom. The van der Waals surface area contributed by atoms with Crippen molar-refractivity contribution in [3.05, 3.63) is 72.8 Å². The number of benzene rings is 1. The summed E-state index contributed by atoms with van der Waals surface area (Å²) in [5.41, 5.74) is 6.44. The molecule has 3 aromatic heterocycles. The predicted octanol–water partition coefficient (Wildman–Crippen LogP) is 3.60. The van der Waals surface area contributed by atoms with Crippen molar-refractivity contribution in [3.8, 4) is 17.3 Å². The smallest absolute Gasteiger partial charge is 0.368 e. The van der Waals surface area contributed by atoms with E-state index in [9.17, 15) is 18.0 Å². The van der Waals surface area contributed by atoms with Crippen LogP contribution in [0.1, 0.15) is 5.56 Å². The van der Waals surface area contributed by atoms with Crippen LogP contribution in [0.5, 0.6) is 6.01 Å². The van der Waals surface area contributed by atoms with Crippen LogP contribution in [-0.2, 0) is 6.42 Å². The van der Waals surface area contributed by atoms with Gasteiger partial charge < -0.3 is 15.5 Å². The quantitative estimate of drug-likeness (QED) is 0.268. The summed E-state index contributed by atoms with van der Waals surface area (Å²) < 4.78 is 38.7. The van der Waals surface area contributed by atoms with Crippen molar-refractivity contribution in [3.63, 3.8) is 0 Å². The Morgan fingerprint density at radius 3 is 2.68 bits per heavy atom. The van der Waals surface area contributed by atoms with Gasteiger partial charge in [-0.3, -0.25) is 4.40 Å². The molecule has 0 aliphatic rings. The van der Waals surface area contributed by atoms with E-state index in [0.717, 1.165) is 22.5 Å². The highest BCUT2D eigenvalue weighted by Gasteiger charge is 2.27. The second-order valence-corrected chi connectivity index (χ2v) is 7.19. The van der Waals surface area contributed by atoms with Gasteiger partial charge in [0.2, 0.25) is 0 Å². The van der Waals surface area contributed by atoms with Crippen molar-refractivity contribution in [2.45, 2.75) is 12.6 Å². The van der Waals surface area contributed by atoms with Gasteiger partial charge in [-0.05, 0) is 42.3 Å². The number of hydrogen-bond donors (Lipinski definition) is 3. The maximum absolute atomic E-state index is 12.3. The predicted molar refractivity (Wildman–Crippen MR) is 118 cm³/mol. The Bertz CT molecular complexity index is 1260. The number of urea groups is 1. The van der Waals surface area contributed by atoms with Gasteiger partial charge >= 0.3 is 18.2 Å². The molecule has 0 bridgehead atoms. The molecule has 3 heterocycles. The normalized spacial score (nSPS) is 11.4. The van der Waals surface area contributed by atoms with E-state index in [1.165, 1.54) is 0 Å². The van der Waals surface area contributed by atoms with Crippen molar-refractivity contribution in [2.75, 3.05) is 18.4 Å². The molecule has 34 heavy (non-hydrogen) atoms. The molecular formula is C22H20F3N7O2. The maximum Gasteiger partial charge on any atom is 0.405 e. The fourth-order valence-electron chi connectivity index (χ4n) is 3.15. The van der Waals surface area contributed by atoms with Gasteiger partial charge in [-0.2, -0.15) is 18.7 Å². The van der Waals surface area contributed by atoms with Gasteiger partial charge in [0, 0.05) is 36.4 Å². The minimum absolute atomic E-state index is 0.241. The Kier molecular flexibility index (Phi) is 6.87. The second-order valence-electron chi connectivity index (χ2n) is 7.19. The highest BCUT2D eigenvalue weighted by atomic mass is 19.4. The third-order valence-electron chi connectivity index (χ3n) is 4.66. The lowest BCUT2D eigenvalue weighted by Crippen LogP contribution is -2.36. The van der Waals surface area contributed by atoms with Gasteiger partial charge in [0.25, 0.3) is 0 Å². The Morgan fingerprint density at radius 2 is 1.88 bits per heavy atom. The molecule has 0 saturated heterocycles. The van der Waals surface area contributed by atoms with Crippen LogP contribution in [0.4, 0.5) is 23.7 Å². The first-order valence-electron chi connectivity index (χ1n) is 10.2. The zero-order chi connectivity index (χ0) is 24.0. The zero-order valence-corrected chi connectivity index (χ0v) is 17.7. The van der Waals surface area contributed by atoms with Crippen LogP contribution >= 0.6 is 0 Å². The molecule has 0 spiro atoms. The first kappa shape index (κ1) is 23.0. The van der Waals surface area contributed by atoms with Gasteiger partial charge in [-0.25, -0.2) is 19.7 Å². The summed E-state index contributed by atoms with van der Waals surface area (Å²) >= 11 is 0. The number of halogens is 3. The molecule has 4 aromatic rings. The first-order valence-corrected chi connectivity index (χ1v) is 10.2. The number of pyridine rings is 1. The third-order valence-corrected chi connectivity index (χ3v) is 4.66. The number of anilines is 1. The number of nitrogens with zero attached hydrogens (tertiary/aromatic N) is 4. The number of imidazole rings is 1. The van der Waals surface area contributed by atoms with Crippen molar-refractivity contribution in [2.24, 2.45) is 0 Å². The Hall–Kier alpha value is -4.19. The summed E-state index contributed by atoms with van der Waals surface area (Å²) in [7, 11) is 0. The fraction of sp³-hybridized carbons (Fsp3) is 0.182. The topological polar surface area (TPSA) is 105 Å². The van der Waals surface area contributed by atoms with Gasteiger partial charge in [-0.15, -0.1) is 0 Å². The molecule has 9 nitrogen and oxygen atoms in total. The average molecular weight is 471 g/mol. The highest BCUT2D eigenvalue weighted by Crippen LogP contribution is 2.24. The van der Waals surface area contributed by atoms with E-state index in [4.69, 9.17) is 4.84 Å². The number of amides is 2. The molecule has 2 amide bonds. The summed E-state index contributed by atoms with van der Waals surface area (Å²) in [6.07, 6.45) is 2.94. The van der Waals surface area contributed by atoms with Crippen LogP contribution in [0.25, 0.3) is 16.9 Å². The Balaban J connectivity index is 1.39. The summed E-state index contributed by atoms with van der Waals surface area (Å²) in [6, 6.07) is 11.7. The second kappa shape index (κ2) is 10.2. The molecule has 176 valence electrons. The van der Waals surface area contributed by atoms with E-state index in [1.807, 2.05) is 28.8 Å². The number of carbonyl (C=O) groups excluding carboxylic acids is 1. The van der Waals surface area contributed by atoms with E-state index >= 15 is 0 Å². The Labute approximate surface area is 192 Å². The number of hydroxylamine groups is 1. The molecule has 3 N–H and O–H groups in total. The van der Waals surface area contributed by atoms with Crippen LogP contribution in [0.3, 0.4) is 0 Å². The number of carbonyl (C=O) groups is 1. The van der Waals surface area contributed by atoms with E-state index < -0.39 is 18.8 Å². The molecule has 0 radical (unpaired) electrons. The van der Waals surface area contributed by atoms with Gasteiger partial charge in [-0.1, -0.05) is 12.1 Å². The van der Waals surface area contributed by atoms with Crippen LogP contribution in [0.2, 0.25) is 0 Å². The molecule has 1 aromatic carbocycles. The largest absolute Gasteiger partial charge is 0.405 e. The van der Waals surface area contributed by atoms with Crippen LogP contribution < -0.4 is 21.0 Å². The molecule has 0 saturated carbocycles. The minimum atomic E-state index is -4.48. The SMILES string of the molecule is O=C(NCC(F)(F)F)Nc1cccc(-c2cnc3cc(CCNOc4ncccn4)ccn23)c1. The van der Waals surface area contributed by atoms with Crippen molar-refractivity contribution in [1.82, 2.24) is 30.1 Å². The number of fused-ring (bicyclic) bond motifs is 1. The molecule has 0 fully saturated rings. The summed E-state index contributed by atoms with van der Waals surface area (Å²) in [5.74, 6) is 0. The number of nitrogens with one attached hydrogen (secondary N) is 3. The lowest BCUT2D eigenvalue weighted by Gasteiger charge is -2.11. The summed E-state index contributed by atoms with van der Waals surface area (Å²) in [5, 5.41) is 4.18. The monoisotopic (exact) mass is 471 g/mol. The number of rotatable bonds is 8. The lowest BCUT2D eigenvalue weighted by molar-refractivity contribution is -0.122. The van der Waals surface area contributed by atoms with Crippen LogP contribution in [-0.4, -0.2) is 44.6 Å². The molecule has 0 unspecified atom stereocenters. The van der Waals surface area contributed by atoms with Crippen molar-refractivity contribution >= 4 is 17.4 Å². The molecule has 0 aliphatic carbocycles. The van der Waals surface area contributed by atoms with Crippen molar-refractivity contribution in [1.29, 1.82) is 0 Å². The minimum Gasteiger partial charge on any atom is -0.368 e. The number of hydrogen-bond acceptors (Lipinski definition) is 6. The standard InChI is InChI=1S/C22H20F3N7O2/c23-22(24,25)14-29-20(33)31-17-4-1-3-16(12-17)18-13-28-19-11-15(6-10-32(18)19)5-9-30-34-21-26-7-2-8-27-21/h1-4,6-8,10-13,30H,5,9,14H2,(H2,29,31,33). The van der Waals surface area contributed by atoms with Crippen LogP contribution in [0.15, 0.2) is 67.3 Å². The van der Waals surface area contributed by atoms with E-state index in [1.54, 1.807) is 48.2 Å². The number of alkyl halides is 3. The van der Waals surface area contributed by atoms with E-state index in [2.05, 4.69) is 25.7 Å². The van der Waals surface area contributed by atoms with Crippen molar-refractivity contribution < 1.29 is 22.8 Å². The first-order chi connectivity index (χ1) is 16.4. The molecule has 4 rings (SSSR count). The fourth-order valence-corrected chi connectivity index (χ4v) is 3.15.